The number of phosphoric acid groups is 3. The Labute approximate surface area is 277 Å². The first-order chi connectivity index (χ1) is 22.2. The van der Waals surface area contributed by atoms with Crippen molar-refractivity contribution in [2.75, 3.05) is 37.8 Å². The van der Waals surface area contributed by atoms with Crippen LogP contribution in [0.5, 0.6) is 0 Å². The molecule has 0 aliphatic carbocycles. The molecule has 10 N–H and O–H groups in total. The highest BCUT2D eigenvalue weighted by atomic mass is 32.1. The van der Waals surface area contributed by atoms with Gasteiger partial charge in [-0.1, -0.05) is 13.8 Å². The zero-order chi connectivity index (χ0) is 36.1. The molecule has 0 radical (unpaired) electrons. The van der Waals surface area contributed by atoms with Crippen molar-refractivity contribution >= 4 is 64.9 Å². The predicted molar refractivity (Wildman–Crippen MR) is 163 cm³/mol. The lowest BCUT2D eigenvalue weighted by Gasteiger charge is -2.30. The van der Waals surface area contributed by atoms with Crippen LogP contribution in [0, 0.1) is 5.41 Å². The summed E-state index contributed by atoms with van der Waals surface area (Å²) in [7, 11) is -16.3. The fourth-order valence-electron chi connectivity index (χ4n) is 4.14. The first kappa shape index (κ1) is 40.3. The number of aromatic nitrogens is 4. The van der Waals surface area contributed by atoms with Crippen molar-refractivity contribution in [3.8, 4) is 0 Å². The van der Waals surface area contributed by atoms with Crippen molar-refractivity contribution in [1.29, 1.82) is 0 Å². The zero-order valence-corrected chi connectivity index (χ0v) is 28.8. The Balaban J connectivity index is 1.61. The molecule has 0 aromatic carbocycles. The number of hydrogen-bond donors (Lipinski definition) is 10. The average molecular weight is 768 g/mol. The second-order valence-corrected chi connectivity index (χ2v) is 15.5. The van der Waals surface area contributed by atoms with Gasteiger partial charge in [0.15, 0.2) is 17.7 Å². The maximum atomic E-state index is 12.6. The second-order valence-electron chi connectivity index (χ2n) is 10.8. The zero-order valence-electron chi connectivity index (χ0n) is 25.2. The highest BCUT2D eigenvalue weighted by molar-refractivity contribution is 7.80. The van der Waals surface area contributed by atoms with Gasteiger partial charge in [0.1, 0.15) is 36.3 Å². The topological polar surface area (TPSA) is 347 Å². The molecular weight excluding hydrogens is 731 g/mol. The molecule has 2 amide bonds. The van der Waals surface area contributed by atoms with E-state index in [1.54, 1.807) is 0 Å². The van der Waals surface area contributed by atoms with Crippen LogP contribution in [0.1, 0.15) is 26.5 Å². The molecule has 48 heavy (non-hydrogen) atoms. The van der Waals surface area contributed by atoms with E-state index < -0.39 is 78.6 Å². The maximum absolute atomic E-state index is 12.6. The summed E-state index contributed by atoms with van der Waals surface area (Å²) in [4.78, 5) is 74.6. The molecule has 1 aliphatic heterocycles. The Morgan fingerprint density at radius 3 is 2.42 bits per heavy atom. The Morgan fingerprint density at radius 1 is 1.10 bits per heavy atom. The third-order valence-electron chi connectivity index (χ3n) is 6.51. The number of rotatable bonds is 18. The molecule has 1 fully saturated rings. The van der Waals surface area contributed by atoms with E-state index in [0.717, 1.165) is 17.2 Å². The van der Waals surface area contributed by atoms with Gasteiger partial charge in [-0.2, -0.15) is 16.9 Å². The summed E-state index contributed by atoms with van der Waals surface area (Å²) in [5.41, 5.74) is 4.30. The molecule has 0 bridgehead atoms. The van der Waals surface area contributed by atoms with Gasteiger partial charge in [0.25, 0.3) is 0 Å². The summed E-state index contributed by atoms with van der Waals surface area (Å²) in [6, 6.07) is 0. The molecule has 3 rings (SSSR count). The number of aliphatic hydroxyl groups excluding tert-OH is 2. The highest BCUT2D eigenvalue weighted by Gasteiger charge is 2.50. The van der Waals surface area contributed by atoms with Gasteiger partial charge in [-0.25, -0.2) is 28.6 Å². The predicted octanol–water partition coefficient (Wildman–Crippen LogP) is -1.67. The lowest BCUT2D eigenvalue weighted by Crippen LogP contribution is -2.46. The van der Waals surface area contributed by atoms with Gasteiger partial charge in [-0.15, -0.1) is 0 Å². The highest BCUT2D eigenvalue weighted by Crippen LogP contribution is 2.61. The Kier molecular flexibility index (Phi) is 13.7. The largest absolute Gasteiger partial charge is 0.481 e. The molecule has 3 heterocycles. The minimum absolute atomic E-state index is 0.0363. The van der Waals surface area contributed by atoms with Gasteiger partial charge in [0, 0.05) is 30.7 Å². The average Bonchev–Trinajstić information content (AvgIpc) is 3.54. The minimum atomic E-state index is -5.54. The number of nitrogens with one attached hydrogen (secondary N) is 2. The molecule has 1 aliphatic rings. The van der Waals surface area contributed by atoms with Crippen LogP contribution in [-0.2, 0) is 45.9 Å². The number of nitrogen functional groups attached to an aromatic ring is 1. The number of imidazole rings is 1. The monoisotopic (exact) mass is 767 g/mol. The lowest BCUT2D eigenvalue weighted by molar-refractivity contribution is -0.137. The number of anilines is 1. The van der Waals surface area contributed by atoms with Crippen molar-refractivity contribution in [3.05, 3.63) is 12.7 Å². The van der Waals surface area contributed by atoms with Crippen LogP contribution in [0.3, 0.4) is 0 Å². The fraction of sp³-hybridized carbons (Fsp3) is 0.667. The first-order valence-corrected chi connectivity index (χ1v) is 18.8. The number of aliphatic hydroxyl groups is 2. The summed E-state index contributed by atoms with van der Waals surface area (Å²) < 4.78 is 61.7. The maximum Gasteiger partial charge on any atom is 0.481 e. The van der Waals surface area contributed by atoms with Crippen molar-refractivity contribution in [1.82, 2.24) is 30.2 Å². The second kappa shape index (κ2) is 16.3. The number of carbonyl (C=O) groups is 2. The molecule has 23 nitrogen and oxygen atoms in total. The molecule has 2 unspecified atom stereocenters. The molecule has 272 valence electrons. The van der Waals surface area contributed by atoms with Crippen LogP contribution in [0.15, 0.2) is 12.7 Å². The van der Waals surface area contributed by atoms with Crippen LogP contribution in [0.25, 0.3) is 11.2 Å². The lowest BCUT2D eigenvalue weighted by atomic mass is 9.87. The number of phosphoric ester groups is 3. The third-order valence-corrected chi connectivity index (χ3v) is 9.83. The number of amides is 2. The fourth-order valence-corrected chi connectivity index (χ4v) is 7.08. The number of nitrogens with zero attached hydrogens (tertiary/aromatic N) is 4. The van der Waals surface area contributed by atoms with E-state index in [4.69, 9.17) is 19.5 Å². The Bertz CT molecular complexity index is 1590. The van der Waals surface area contributed by atoms with Crippen LogP contribution in [0.4, 0.5) is 5.82 Å². The van der Waals surface area contributed by atoms with Crippen molar-refractivity contribution < 1.29 is 75.7 Å². The number of hydrogen-bond acceptors (Lipinski definition) is 17. The molecule has 7 atom stereocenters. The summed E-state index contributed by atoms with van der Waals surface area (Å²) >= 11 is 3.95. The minimum Gasteiger partial charge on any atom is -0.386 e. The third kappa shape index (κ3) is 11.2. The summed E-state index contributed by atoms with van der Waals surface area (Å²) in [6.45, 7) is 0.723. The standard InChI is InChI=1S/C21H36N7O16P3S/c1-21(2,16(31)19(32)24-4-3-12(29)23-5-6-48)8-41-47(38,39)44-46(36,37)40-7-11-15(43-45(33,34)35)14(30)20(42-11)28-10-27-13-17(22)25-9-26-18(13)28/h9-11,14-16,20,30-31,48H,3-8H2,1-2H3,(H,23,29)(H,24,32)(H,36,37)(H,38,39)(H2,22,25,26)(H2,33,34,35)/t11-,14-,15-,16+,20-/m0/s1. The SMILES string of the molecule is CC(C)(COP(=O)(O)OP(=O)(O)OC[C@@H]1O[C@H](n2cnc3c(N)ncnc32)[C@@H](O)[C@H]1OP(=O)(O)O)[C@H](O)C(=O)NCCC(=O)NCCS. The van der Waals surface area contributed by atoms with Crippen LogP contribution in [0.2, 0.25) is 0 Å². The van der Waals surface area contributed by atoms with E-state index in [1.165, 1.54) is 13.8 Å². The molecular formula is C21H36N7O16P3S. The first-order valence-electron chi connectivity index (χ1n) is 13.7. The summed E-state index contributed by atoms with van der Waals surface area (Å²) in [5, 5.41) is 26.1. The van der Waals surface area contributed by atoms with E-state index in [-0.39, 0.29) is 35.9 Å². The number of thiol groups is 1. The molecule has 2 aromatic heterocycles. The quantitative estimate of drug-likeness (QED) is 0.0599. The van der Waals surface area contributed by atoms with Gasteiger partial charge < -0.3 is 50.9 Å². The van der Waals surface area contributed by atoms with Gasteiger partial charge in [-0.3, -0.25) is 27.7 Å². The van der Waals surface area contributed by atoms with Gasteiger partial charge in [-0.05, 0) is 0 Å². The molecule has 2 aromatic rings. The molecule has 0 saturated carbocycles. The number of nitrogens with two attached hydrogens (primary N) is 1. The Hall–Kier alpha value is -2.11. The molecule has 27 heteroatoms. The van der Waals surface area contributed by atoms with Crippen LogP contribution >= 0.6 is 36.1 Å². The normalized spacial score (nSPS) is 23.4. The summed E-state index contributed by atoms with van der Waals surface area (Å²) in [5.74, 6) is -0.943. The van der Waals surface area contributed by atoms with Gasteiger partial charge >= 0.3 is 23.5 Å². The van der Waals surface area contributed by atoms with E-state index in [1.807, 2.05) is 0 Å². The van der Waals surface area contributed by atoms with Crippen molar-refractivity contribution in [3.63, 3.8) is 0 Å². The van der Waals surface area contributed by atoms with Gasteiger partial charge in [0.05, 0.1) is 19.5 Å². The van der Waals surface area contributed by atoms with E-state index in [0.29, 0.717) is 12.3 Å². The Morgan fingerprint density at radius 2 is 1.77 bits per heavy atom. The van der Waals surface area contributed by atoms with Gasteiger partial charge in [0.2, 0.25) is 11.8 Å². The van der Waals surface area contributed by atoms with E-state index in [9.17, 15) is 53.1 Å². The molecule has 1 saturated heterocycles. The number of ether oxygens (including phenoxy) is 1. The van der Waals surface area contributed by atoms with Crippen LogP contribution < -0.4 is 16.4 Å². The number of carbonyl (C=O) groups excluding carboxylic acids is 2. The summed E-state index contributed by atoms with van der Waals surface area (Å²) in [6.07, 6.45) is -6.74. The molecule has 0 spiro atoms. The van der Waals surface area contributed by atoms with Crippen molar-refractivity contribution in [2.24, 2.45) is 5.41 Å². The number of fused-ring (bicyclic) bond motifs is 1. The smallest absolute Gasteiger partial charge is 0.386 e. The van der Waals surface area contributed by atoms with E-state index >= 15 is 0 Å². The van der Waals surface area contributed by atoms with E-state index in [2.05, 4.69) is 47.0 Å². The van der Waals surface area contributed by atoms with Crippen LogP contribution in [-0.4, -0.2) is 118 Å². The van der Waals surface area contributed by atoms with Crippen molar-refractivity contribution in [2.45, 2.75) is 50.9 Å².